The largest absolute Gasteiger partial charge is 0.312 e. The minimum absolute atomic E-state index is 0.177. The Labute approximate surface area is 133 Å². The van der Waals surface area contributed by atoms with Crippen LogP contribution in [0.5, 0.6) is 0 Å². The average Bonchev–Trinajstić information content (AvgIpc) is 2.37. The highest BCUT2D eigenvalue weighted by Crippen LogP contribution is 2.22. The summed E-state index contributed by atoms with van der Waals surface area (Å²) in [5.41, 5.74) is 1.45. The Morgan fingerprint density at radius 1 is 1.25 bits per heavy atom. The zero-order valence-corrected chi connectivity index (χ0v) is 14.8. The Hall–Kier alpha value is -0.180. The molecule has 0 fully saturated rings. The summed E-state index contributed by atoms with van der Waals surface area (Å²) in [7, 11) is 0. The first-order chi connectivity index (χ1) is 9.42. The van der Waals surface area contributed by atoms with Crippen molar-refractivity contribution in [3.05, 3.63) is 34.9 Å². The zero-order chi connectivity index (χ0) is 15.0. The number of hydrogen-bond acceptors (Lipinski definition) is 2. The van der Waals surface area contributed by atoms with Gasteiger partial charge in [-0.3, -0.25) is 0 Å². The molecule has 0 heterocycles. The third kappa shape index (κ3) is 7.56. The van der Waals surface area contributed by atoms with Crippen LogP contribution in [0.25, 0.3) is 0 Å². The molecule has 0 radical (unpaired) electrons. The van der Waals surface area contributed by atoms with Crippen molar-refractivity contribution in [2.45, 2.75) is 46.1 Å². The Morgan fingerprint density at radius 3 is 2.55 bits per heavy atom. The van der Waals surface area contributed by atoms with Gasteiger partial charge in [-0.05, 0) is 69.2 Å². The molecule has 1 rings (SSSR count). The highest BCUT2D eigenvalue weighted by Gasteiger charge is 2.15. The van der Waals surface area contributed by atoms with Gasteiger partial charge in [0, 0.05) is 10.6 Å². The summed E-state index contributed by atoms with van der Waals surface area (Å²) in [5.74, 6) is 3.08. The normalized spacial score (nSPS) is 13.4. The first kappa shape index (κ1) is 17.9. The number of benzene rings is 1. The SMILES string of the molecule is CCSCCC(CNC(C)(C)C)Cc1ccccc1Cl. The lowest BCUT2D eigenvalue weighted by Crippen LogP contribution is -2.39. The van der Waals surface area contributed by atoms with Crippen molar-refractivity contribution < 1.29 is 0 Å². The van der Waals surface area contributed by atoms with E-state index in [4.69, 9.17) is 11.6 Å². The van der Waals surface area contributed by atoms with E-state index in [1.54, 1.807) is 0 Å². The summed E-state index contributed by atoms with van der Waals surface area (Å²) in [6, 6.07) is 8.22. The number of hydrogen-bond donors (Lipinski definition) is 1. The van der Waals surface area contributed by atoms with Gasteiger partial charge >= 0.3 is 0 Å². The molecule has 3 heteroatoms. The summed E-state index contributed by atoms with van der Waals surface area (Å²) >= 11 is 8.32. The van der Waals surface area contributed by atoms with Crippen LogP contribution in [0.2, 0.25) is 5.02 Å². The lowest BCUT2D eigenvalue weighted by molar-refractivity contribution is 0.364. The highest BCUT2D eigenvalue weighted by atomic mass is 35.5. The predicted molar refractivity (Wildman–Crippen MR) is 94.0 cm³/mol. The van der Waals surface area contributed by atoms with Gasteiger partial charge in [0.15, 0.2) is 0 Å². The van der Waals surface area contributed by atoms with Gasteiger partial charge in [0.1, 0.15) is 0 Å². The van der Waals surface area contributed by atoms with Crippen LogP contribution in [-0.4, -0.2) is 23.6 Å². The molecule has 0 saturated heterocycles. The van der Waals surface area contributed by atoms with Crippen LogP contribution in [0.1, 0.15) is 39.7 Å². The fourth-order valence-electron chi connectivity index (χ4n) is 2.10. The van der Waals surface area contributed by atoms with E-state index >= 15 is 0 Å². The van der Waals surface area contributed by atoms with Gasteiger partial charge in [0.2, 0.25) is 0 Å². The topological polar surface area (TPSA) is 12.0 Å². The molecule has 0 aliphatic heterocycles. The third-order valence-electron chi connectivity index (χ3n) is 3.26. The summed E-state index contributed by atoms with van der Waals surface area (Å²) in [6.45, 7) is 9.95. The fraction of sp³-hybridized carbons (Fsp3) is 0.647. The van der Waals surface area contributed by atoms with Crippen LogP contribution in [0, 0.1) is 5.92 Å². The molecule has 1 unspecified atom stereocenters. The van der Waals surface area contributed by atoms with Crippen molar-refractivity contribution in [3.63, 3.8) is 0 Å². The quantitative estimate of drug-likeness (QED) is 0.675. The Balaban J connectivity index is 2.59. The number of rotatable bonds is 8. The number of halogens is 1. The van der Waals surface area contributed by atoms with Crippen LogP contribution in [0.3, 0.4) is 0 Å². The van der Waals surface area contributed by atoms with E-state index in [1.165, 1.54) is 23.5 Å². The molecule has 0 aliphatic carbocycles. The molecular weight excluding hydrogens is 286 g/mol. The molecule has 1 aromatic rings. The second-order valence-electron chi connectivity index (χ2n) is 6.28. The van der Waals surface area contributed by atoms with Crippen molar-refractivity contribution in [3.8, 4) is 0 Å². The molecule has 1 atom stereocenters. The monoisotopic (exact) mass is 313 g/mol. The van der Waals surface area contributed by atoms with Gasteiger partial charge in [-0.25, -0.2) is 0 Å². The van der Waals surface area contributed by atoms with Gasteiger partial charge in [-0.2, -0.15) is 11.8 Å². The smallest absolute Gasteiger partial charge is 0.0438 e. The number of nitrogens with one attached hydrogen (secondary N) is 1. The zero-order valence-electron chi connectivity index (χ0n) is 13.2. The third-order valence-corrected chi connectivity index (χ3v) is 4.56. The van der Waals surface area contributed by atoms with Crippen LogP contribution < -0.4 is 5.32 Å². The minimum atomic E-state index is 0.177. The van der Waals surface area contributed by atoms with E-state index in [1.807, 2.05) is 23.9 Å². The second-order valence-corrected chi connectivity index (χ2v) is 8.08. The van der Waals surface area contributed by atoms with E-state index in [0.717, 1.165) is 18.0 Å². The van der Waals surface area contributed by atoms with Crippen molar-refractivity contribution in [2.24, 2.45) is 5.92 Å². The van der Waals surface area contributed by atoms with Crippen molar-refractivity contribution >= 4 is 23.4 Å². The predicted octanol–water partition coefficient (Wildman–Crippen LogP) is 5.03. The lowest BCUT2D eigenvalue weighted by atomic mass is 9.95. The van der Waals surface area contributed by atoms with E-state index in [2.05, 4.69) is 45.1 Å². The Kier molecular flexibility index (Phi) is 8.01. The maximum absolute atomic E-state index is 6.29. The first-order valence-electron chi connectivity index (χ1n) is 7.48. The first-order valence-corrected chi connectivity index (χ1v) is 9.02. The van der Waals surface area contributed by atoms with Crippen molar-refractivity contribution in [1.29, 1.82) is 0 Å². The lowest BCUT2D eigenvalue weighted by Gasteiger charge is -2.25. The Bertz CT molecular complexity index is 387. The molecular formula is C17H28ClNS. The van der Waals surface area contributed by atoms with E-state index < -0.39 is 0 Å². The summed E-state index contributed by atoms with van der Waals surface area (Å²) < 4.78 is 0. The van der Waals surface area contributed by atoms with Gasteiger partial charge in [-0.1, -0.05) is 36.7 Å². The van der Waals surface area contributed by atoms with Crippen LogP contribution in [0.15, 0.2) is 24.3 Å². The van der Waals surface area contributed by atoms with Crippen LogP contribution in [-0.2, 0) is 6.42 Å². The molecule has 0 aliphatic rings. The molecule has 20 heavy (non-hydrogen) atoms. The van der Waals surface area contributed by atoms with Crippen LogP contribution in [0.4, 0.5) is 0 Å². The molecule has 0 bridgehead atoms. The van der Waals surface area contributed by atoms with E-state index in [9.17, 15) is 0 Å². The van der Waals surface area contributed by atoms with E-state index in [-0.39, 0.29) is 5.54 Å². The molecule has 1 N–H and O–H groups in total. The second kappa shape index (κ2) is 8.96. The van der Waals surface area contributed by atoms with Crippen molar-refractivity contribution in [2.75, 3.05) is 18.1 Å². The maximum Gasteiger partial charge on any atom is 0.0438 e. The molecule has 114 valence electrons. The average molecular weight is 314 g/mol. The minimum Gasteiger partial charge on any atom is -0.312 e. The maximum atomic E-state index is 6.29. The fourth-order valence-corrected chi connectivity index (χ4v) is 3.10. The molecule has 0 amide bonds. The van der Waals surface area contributed by atoms with Gasteiger partial charge in [0.05, 0.1) is 0 Å². The standard InChI is InChI=1S/C17H28ClNS/c1-5-20-11-10-14(13-19-17(2,3)4)12-15-8-6-7-9-16(15)18/h6-9,14,19H,5,10-13H2,1-4H3. The molecule has 0 aromatic heterocycles. The van der Waals surface area contributed by atoms with Gasteiger partial charge in [0.25, 0.3) is 0 Å². The molecule has 0 spiro atoms. The van der Waals surface area contributed by atoms with Gasteiger partial charge in [-0.15, -0.1) is 0 Å². The van der Waals surface area contributed by atoms with E-state index in [0.29, 0.717) is 5.92 Å². The Morgan fingerprint density at radius 2 is 1.95 bits per heavy atom. The molecule has 1 nitrogen and oxygen atoms in total. The van der Waals surface area contributed by atoms with Crippen LogP contribution >= 0.6 is 23.4 Å². The summed E-state index contributed by atoms with van der Waals surface area (Å²) in [6.07, 6.45) is 2.31. The molecule has 0 saturated carbocycles. The number of thioether (sulfide) groups is 1. The molecule has 1 aromatic carbocycles. The van der Waals surface area contributed by atoms with Crippen molar-refractivity contribution in [1.82, 2.24) is 5.32 Å². The van der Waals surface area contributed by atoms with Gasteiger partial charge < -0.3 is 5.32 Å². The summed E-state index contributed by atoms with van der Waals surface area (Å²) in [5, 5.41) is 4.54. The summed E-state index contributed by atoms with van der Waals surface area (Å²) in [4.78, 5) is 0. The highest BCUT2D eigenvalue weighted by molar-refractivity contribution is 7.99.